The lowest BCUT2D eigenvalue weighted by molar-refractivity contribution is -0.149. The first-order chi connectivity index (χ1) is 11.2. The number of carbonyl (C=O) groups is 2. The highest BCUT2D eigenvalue weighted by Gasteiger charge is 2.45. The predicted molar refractivity (Wildman–Crippen MR) is 88.4 cm³/mol. The van der Waals surface area contributed by atoms with Crippen molar-refractivity contribution in [1.29, 1.82) is 0 Å². The molecule has 1 saturated heterocycles. The molecule has 8 heteroatoms. The Hall–Kier alpha value is -1.15. The van der Waals surface area contributed by atoms with Gasteiger partial charge >= 0.3 is 5.97 Å². The highest BCUT2D eigenvalue weighted by molar-refractivity contribution is 7.93. The summed E-state index contributed by atoms with van der Waals surface area (Å²) in [6.45, 7) is 4.14. The molecule has 1 unspecified atom stereocenters. The van der Waals surface area contributed by atoms with Crippen molar-refractivity contribution in [3.05, 3.63) is 0 Å². The Morgan fingerprint density at radius 2 is 1.71 bits per heavy atom. The molecular formula is C16H27NO6S. The van der Waals surface area contributed by atoms with E-state index in [0.717, 1.165) is 0 Å². The van der Waals surface area contributed by atoms with Crippen LogP contribution in [-0.4, -0.2) is 54.7 Å². The minimum Gasteiger partial charge on any atom is -0.480 e. The molecule has 138 valence electrons. The largest absolute Gasteiger partial charge is 0.480 e. The van der Waals surface area contributed by atoms with E-state index >= 15 is 0 Å². The summed E-state index contributed by atoms with van der Waals surface area (Å²) in [5.41, 5.74) is -1.34. The number of carboxylic acids is 1. The fraction of sp³-hybridized carbons (Fsp3) is 0.875. The zero-order valence-electron chi connectivity index (χ0n) is 14.3. The normalized spacial score (nSPS) is 30.5. The lowest BCUT2D eigenvalue weighted by Crippen LogP contribution is -2.59. The molecule has 0 radical (unpaired) electrons. The van der Waals surface area contributed by atoms with Crippen LogP contribution in [0.1, 0.15) is 52.4 Å². The number of hydrogen-bond donors (Lipinski definition) is 2. The van der Waals surface area contributed by atoms with Gasteiger partial charge in [0.05, 0.1) is 5.25 Å². The van der Waals surface area contributed by atoms with Gasteiger partial charge in [0.2, 0.25) is 5.91 Å². The van der Waals surface area contributed by atoms with Crippen LogP contribution in [0.5, 0.6) is 0 Å². The van der Waals surface area contributed by atoms with Gasteiger partial charge in [0, 0.05) is 13.2 Å². The second-order valence-electron chi connectivity index (χ2n) is 7.10. The maximum absolute atomic E-state index is 12.6. The predicted octanol–water partition coefficient (Wildman–Crippen LogP) is 1.12. The standard InChI is InChI=1S/C16H27NO6S/c1-11-3-7-16(8-4-11,15(19)20)17-14(18)12(2)24(21,22)13-5-9-23-10-6-13/h11-13H,3-10H2,1-2H3,(H,17,18)(H,19,20). The minimum atomic E-state index is -3.66. The Balaban J connectivity index is 2.10. The Kier molecular flexibility index (Phi) is 5.91. The lowest BCUT2D eigenvalue weighted by Gasteiger charge is -2.37. The maximum atomic E-state index is 12.6. The second kappa shape index (κ2) is 7.39. The summed E-state index contributed by atoms with van der Waals surface area (Å²) >= 11 is 0. The number of amides is 1. The van der Waals surface area contributed by atoms with E-state index in [1.54, 1.807) is 0 Å². The zero-order valence-corrected chi connectivity index (χ0v) is 15.1. The number of rotatable bonds is 5. The van der Waals surface area contributed by atoms with Gasteiger partial charge in [-0.1, -0.05) is 6.92 Å². The average Bonchev–Trinajstić information content (AvgIpc) is 2.57. The smallest absolute Gasteiger partial charge is 0.329 e. The van der Waals surface area contributed by atoms with Crippen LogP contribution in [0, 0.1) is 5.92 Å². The van der Waals surface area contributed by atoms with Crippen LogP contribution in [0.2, 0.25) is 0 Å². The molecule has 0 aromatic heterocycles. The number of hydrogen-bond acceptors (Lipinski definition) is 5. The van der Waals surface area contributed by atoms with Gasteiger partial charge < -0.3 is 15.2 Å². The monoisotopic (exact) mass is 361 g/mol. The van der Waals surface area contributed by atoms with Crippen LogP contribution < -0.4 is 5.32 Å². The van der Waals surface area contributed by atoms with Crippen molar-refractivity contribution in [1.82, 2.24) is 5.32 Å². The molecule has 2 fully saturated rings. The summed E-state index contributed by atoms with van der Waals surface area (Å²) in [6, 6.07) is 0. The SMILES string of the molecule is CC1CCC(NC(=O)C(C)S(=O)(=O)C2CCOCC2)(C(=O)O)CC1. The van der Waals surface area contributed by atoms with E-state index in [2.05, 4.69) is 5.32 Å². The van der Waals surface area contributed by atoms with Crippen LogP contribution in [0.15, 0.2) is 0 Å². The van der Waals surface area contributed by atoms with E-state index < -0.39 is 37.8 Å². The highest BCUT2D eigenvalue weighted by atomic mass is 32.2. The van der Waals surface area contributed by atoms with Crippen LogP contribution in [0.4, 0.5) is 0 Å². The van der Waals surface area contributed by atoms with Gasteiger partial charge in [-0.25, -0.2) is 13.2 Å². The Labute approximate surface area is 143 Å². The lowest BCUT2D eigenvalue weighted by atomic mass is 9.77. The molecule has 1 atom stereocenters. The first-order valence-electron chi connectivity index (χ1n) is 8.55. The van der Waals surface area contributed by atoms with Gasteiger partial charge in [-0.3, -0.25) is 4.79 Å². The highest BCUT2D eigenvalue weighted by Crippen LogP contribution is 2.32. The summed E-state index contributed by atoms with van der Waals surface area (Å²) in [4.78, 5) is 24.2. The topological polar surface area (TPSA) is 110 Å². The number of carboxylic acid groups (broad SMARTS) is 1. The molecule has 0 aromatic rings. The van der Waals surface area contributed by atoms with Crippen molar-refractivity contribution >= 4 is 21.7 Å². The first kappa shape index (κ1) is 19.2. The molecule has 1 aliphatic heterocycles. The third kappa shape index (κ3) is 3.91. The number of sulfone groups is 1. The summed E-state index contributed by atoms with van der Waals surface area (Å²) in [6.07, 6.45) is 2.82. The van der Waals surface area contributed by atoms with Gasteiger partial charge in [-0.05, 0) is 51.4 Å². The van der Waals surface area contributed by atoms with Gasteiger partial charge in [-0.15, -0.1) is 0 Å². The summed E-state index contributed by atoms with van der Waals surface area (Å²) in [5.74, 6) is -1.38. The zero-order chi connectivity index (χ0) is 18.0. The minimum absolute atomic E-state index is 0.333. The molecule has 24 heavy (non-hydrogen) atoms. The van der Waals surface area contributed by atoms with Crippen molar-refractivity contribution in [2.45, 2.75) is 68.4 Å². The molecule has 0 aromatic carbocycles. The fourth-order valence-corrected chi connectivity index (χ4v) is 5.21. The van der Waals surface area contributed by atoms with Crippen LogP contribution in [-0.2, 0) is 24.2 Å². The number of aliphatic carboxylic acids is 1. The molecule has 2 aliphatic rings. The maximum Gasteiger partial charge on any atom is 0.329 e. The van der Waals surface area contributed by atoms with E-state index in [4.69, 9.17) is 4.74 Å². The summed E-state index contributed by atoms with van der Waals surface area (Å²) in [5, 5.41) is 10.3. The molecule has 0 bridgehead atoms. The van der Waals surface area contributed by atoms with Gasteiger partial charge in [-0.2, -0.15) is 0 Å². The van der Waals surface area contributed by atoms with Crippen LogP contribution in [0.25, 0.3) is 0 Å². The molecule has 2 rings (SSSR count). The van der Waals surface area contributed by atoms with E-state index in [-0.39, 0.29) is 0 Å². The van der Waals surface area contributed by atoms with E-state index in [0.29, 0.717) is 57.7 Å². The van der Waals surface area contributed by atoms with Gasteiger partial charge in [0.25, 0.3) is 0 Å². The summed E-state index contributed by atoms with van der Waals surface area (Å²) in [7, 11) is -3.66. The molecule has 1 heterocycles. The van der Waals surface area contributed by atoms with Crippen molar-refractivity contribution in [3.8, 4) is 0 Å². The molecule has 7 nitrogen and oxygen atoms in total. The molecule has 1 saturated carbocycles. The van der Waals surface area contributed by atoms with E-state index in [1.807, 2.05) is 6.92 Å². The van der Waals surface area contributed by atoms with E-state index in [9.17, 15) is 23.1 Å². The van der Waals surface area contributed by atoms with E-state index in [1.165, 1.54) is 6.92 Å². The van der Waals surface area contributed by atoms with Gasteiger partial charge in [0.1, 0.15) is 10.8 Å². The number of nitrogens with one attached hydrogen (secondary N) is 1. The third-order valence-corrected chi connectivity index (χ3v) is 7.99. The fourth-order valence-electron chi connectivity index (χ4n) is 3.43. The van der Waals surface area contributed by atoms with Crippen LogP contribution >= 0.6 is 0 Å². The first-order valence-corrected chi connectivity index (χ1v) is 10.2. The Morgan fingerprint density at radius 1 is 1.17 bits per heavy atom. The van der Waals surface area contributed by atoms with Crippen LogP contribution in [0.3, 0.4) is 0 Å². The summed E-state index contributed by atoms with van der Waals surface area (Å²) < 4.78 is 30.4. The third-order valence-electron chi connectivity index (χ3n) is 5.39. The number of carbonyl (C=O) groups excluding carboxylic acids is 1. The Morgan fingerprint density at radius 3 is 2.21 bits per heavy atom. The quantitative estimate of drug-likeness (QED) is 0.759. The molecule has 2 N–H and O–H groups in total. The second-order valence-corrected chi connectivity index (χ2v) is 9.65. The molecule has 0 spiro atoms. The number of ether oxygens (including phenoxy) is 1. The molecule has 1 aliphatic carbocycles. The van der Waals surface area contributed by atoms with Crippen molar-refractivity contribution in [3.63, 3.8) is 0 Å². The Bertz CT molecular complexity index is 573. The van der Waals surface area contributed by atoms with Crippen molar-refractivity contribution in [2.75, 3.05) is 13.2 Å². The molecular weight excluding hydrogens is 334 g/mol. The molecule has 1 amide bonds. The van der Waals surface area contributed by atoms with Crippen molar-refractivity contribution < 1.29 is 27.9 Å². The average molecular weight is 361 g/mol. The van der Waals surface area contributed by atoms with Crippen molar-refractivity contribution in [2.24, 2.45) is 5.92 Å². The van der Waals surface area contributed by atoms with Gasteiger partial charge in [0.15, 0.2) is 9.84 Å².